The van der Waals surface area contributed by atoms with Crippen molar-refractivity contribution in [2.45, 2.75) is 64.7 Å². The van der Waals surface area contributed by atoms with Gasteiger partial charge in [-0.1, -0.05) is 38.3 Å². The lowest BCUT2D eigenvalue weighted by Gasteiger charge is -2.08. The standard InChI is InChI=1S/C15H26O4/c1-2-3-4-5-6-7-8-9-10-11-13(15(18)19)12-14(16)17/h6-7,13H,2-5,8-12H2,1H3,(H,16,17)(H,18,19)/b7-6+. The predicted octanol–water partition coefficient (Wildman–Crippen LogP) is 3.86. The van der Waals surface area contributed by atoms with E-state index < -0.39 is 17.9 Å². The van der Waals surface area contributed by atoms with Gasteiger partial charge < -0.3 is 10.2 Å². The van der Waals surface area contributed by atoms with Gasteiger partial charge in [-0.2, -0.15) is 0 Å². The Morgan fingerprint density at radius 2 is 1.58 bits per heavy atom. The second-order valence-corrected chi connectivity index (χ2v) is 4.88. The highest BCUT2D eigenvalue weighted by atomic mass is 16.4. The number of rotatable bonds is 12. The molecule has 0 spiro atoms. The largest absolute Gasteiger partial charge is 0.481 e. The number of carboxylic acids is 2. The van der Waals surface area contributed by atoms with Crippen LogP contribution in [0, 0.1) is 5.92 Å². The molecule has 0 rings (SSSR count). The summed E-state index contributed by atoms with van der Waals surface area (Å²) >= 11 is 0. The third-order valence-corrected chi connectivity index (χ3v) is 3.08. The van der Waals surface area contributed by atoms with Crippen LogP contribution in [-0.4, -0.2) is 22.2 Å². The van der Waals surface area contributed by atoms with Crippen molar-refractivity contribution >= 4 is 11.9 Å². The first-order valence-corrected chi connectivity index (χ1v) is 7.17. The average molecular weight is 270 g/mol. The summed E-state index contributed by atoms with van der Waals surface area (Å²) in [6, 6.07) is 0. The highest BCUT2D eigenvalue weighted by Gasteiger charge is 2.19. The maximum absolute atomic E-state index is 10.8. The Kier molecular flexibility index (Phi) is 10.9. The van der Waals surface area contributed by atoms with E-state index in [0.717, 1.165) is 25.7 Å². The molecular formula is C15H26O4. The highest BCUT2D eigenvalue weighted by molar-refractivity contribution is 5.77. The predicted molar refractivity (Wildman–Crippen MR) is 75.1 cm³/mol. The third-order valence-electron chi connectivity index (χ3n) is 3.08. The summed E-state index contributed by atoms with van der Waals surface area (Å²) < 4.78 is 0. The summed E-state index contributed by atoms with van der Waals surface area (Å²) in [4.78, 5) is 21.3. The van der Waals surface area contributed by atoms with Crippen molar-refractivity contribution in [3.63, 3.8) is 0 Å². The molecule has 4 heteroatoms. The van der Waals surface area contributed by atoms with Gasteiger partial charge in [0.2, 0.25) is 0 Å². The monoisotopic (exact) mass is 270 g/mol. The molecule has 0 bridgehead atoms. The molecule has 0 aromatic rings. The molecule has 0 fully saturated rings. The van der Waals surface area contributed by atoms with E-state index in [1.165, 1.54) is 19.3 Å². The molecule has 0 aliphatic carbocycles. The van der Waals surface area contributed by atoms with Crippen LogP contribution in [0.4, 0.5) is 0 Å². The third kappa shape index (κ3) is 11.5. The molecule has 0 aromatic heterocycles. The number of hydrogen-bond acceptors (Lipinski definition) is 2. The molecule has 1 atom stereocenters. The molecule has 0 aromatic carbocycles. The normalized spacial score (nSPS) is 12.7. The average Bonchev–Trinajstić information content (AvgIpc) is 2.34. The first kappa shape index (κ1) is 17.7. The molecule has 0 saturated heterocycles. The van der Waals surface area contributed by atoms with E-state index in [2.05, 4.69) is 19.1 Å². The molecule has 0 saturated carbocycles. The Labute approximate surface area is 115 Å². The molecule has 2 N–H and O–H groups in total. The van der Waals surface area contributed by atoms with Crippen LogP contribution in [0.25, 0.3) is 0 Å². The first-order valence-electron chi connectivity index (χ1n) is 7.17. The number of carboxylic acid groups (broad SMARTS) is 2. The molecule has 0 aliphatic heterocycles. The summed E-state index contributed by atoms with van der Waals surface area (Å²) in [7, 11) is 0. The van der Waals surface area contributed by atoms with E-state index in [0.29, 0.717) is 6.42 Å². The smallest absolute Gasteiger partial charge is 0.307 e. The van der Waals surface area contributed by atoms with E-state index in [9.17, 15) is 9.59 Å². The van der Waals surface area contributed by atoms with Crippen molar-refractivity contribution in [2.24, 2.45) is 5.92 Å². The number of hydrogen-bond donors (Lipinski definition) is 2. The van der Waals surface area contributed by atoms with Gasteiger partial charge in [0.25, 0.3) is 0 Å². The van der Waals surface area contributed by atoms with Crippen LogP contribution in [0.5, 0.6) is 0 Å². The number of carbonyl (C=O) groups is 2. The van der Waals surface area contributed by atoms with Gasteiger partial charge in [0.1, 0.15) is 0 Å². The Morgan fingerprint density at radius 1 is 1.00 bits per heavy atom. The fourth-order valence-corrected chi connectivity index (χ4v) is 1.92. The van der Waals surface area contributed by atoms with Crippen LogP contribution in [-0.2, 0) is 9.59 Å². The van der Waals surface area contributed by atoms with E-state index in [1.807, 2.05) is 0 Å². The van der Waals surface area contributed by atoms with Crippen molar-refractivity contribution in [1.82, 2.24) is 0 Å². The van der Waals surface area contributed by atoms with Crippen LogP contribution in [0.1, 0.15) is 64.7 Å². The minimum atomic E-state index is -1.04. The van der Waals surface area contributed by atoms with Gasteiger partial charge in [0.15, 0.2) is 0 Å². The fraction of sp³-hybridized carbons (Fsp3) is 0.733. The van der Waals surface area contributed by atoms with E-state index >= 15 is 0 Å². The van der Waals surface area contributed by atoms with Gasteiger partial charge in [-0.15, -0.1) is 0 Å². The molecule has 1 unspecified atom stereocenters. The maximum atomic E-state index is 10.8. The first-order chi connectivity index (χ1) is 9.07. The van der Waals surface area contributed by atoms with Crippen molar-refractivity contribution in [3.8, 4) is 0 Å². The van der Waals surface area contributed by atoms with Crippen LogP contribution >= 0.6 is 0 Å². The molecule has 4 nitrogen and oxygen atoms in total. The minimum Gasteiger partial charge on any atom is -0.481 e. The number of unbranched alkanes of at least 4 members (excludes halogenated alkanes) is 5. The topological polar surface area (TPSA) is 74.6 Å². The molecule has 110 valence electrons. The molecule has 0 aliphatic rings. The Bertz CT molecular complexity index is 284. The number of allylic oxidation sites excluding steroid dienone is 2. The Morgan fingerprint density at radius 3 is 2.05 bits per heavy atom. The molecule has 0 radical (unpaired) electrons. The maximum Gasteiger partial charge on any atom is 0.307 e. The molecular weight excluding hydrogens is 244 g/mol. The van der Waals surface area contributed by atoms with Crippen molar-refractivity contribution in [2.75, 3.05) is 0 Å². The van der Waals surface area contributed by atoms with E-state index in [1.54, 1.807) is 0 Å². The van der Waals surface area contributed by atoms with E-state index in [-0.39, 0.29) is 6.42 Å². The zero-order valence-corrected chi connectivity index (χ0v) is 11.8. The van der Waals surface area contributed by atoms with Crippen molar-refractivity contribution in [3.05, 3.63) is 12.2 Å². The van der Waals surface area contributed by atoms with Crippen molar-refractivity contribution in [1.29, 1.82) is 0 Å². The summed E-state index contributed by atoms with van der Waals surface area (Å²) in [5.74, 6) is -2.79. The second-order valence-electron chi connectivity index (χ2n) is 4.88. The second kappa shape index (κ2) is 11.8. The van der Waals surface area contributed by atoms with E-state index in [4.69, 9.17) is 10.2 Å². The quantitative estimate of drug-likeness (QED) is 0.417. The lowest BCUT2D eigenvalue weighted by atomic mass is 9.98. The zero-order chi connectivity index (χ0) is 14.5. The minimum absolute atomic E-state index is 0.276. The lowest BCUT2D eigenvalue weighted by Crippen LogP contribution is -2.17. The van der Waals surface area contributed by atoms with Crippen LogP contribution in [0.3, 0.4) is 0 Å². The van der Waals surface area contributed by atoms with Gasteiger partial charge in [-0.25, -0.2) is 0 Å². The van der Waals surface area contributed by atoms with Gasteiger partial charge in [-0.05, 0) is 32.1 Å². The molecule has 0 heterocycles. The van der Waals surface area contributed by atoms with Crippen LogP contribution < -0.4 is 0 Å². The Hall–Kier alpha value is -1.32. The summed E-state index contributed by atoms with van der Waals surface area (Å²) in [6.45, 7) is 2.18. The number of aliphatic carboxylic acids is 2. The fourth-order valence-electron chi connectivity index (χ4n) is 1.92. The van der Waals surface area contributed by atoms with Gasteiger partial charge >= 0.3 is 11.9 Å². The van der Waals surface area contributed by atoms with Crippen LogP contribution in [0.15, 0.2) is 12.2 Å². The van der Waals surface area contributed by atoms with Crippen LogP contribution in [0.2, 0.25) is 0 Å². The Balaban J connectivity index is 3.60. The SMILES string of the molecule is CCCCC/C=C/CCCCC(CC(=O)O)C(=O)O. The summed E-state index contributed by atoms with van der Waals surface area (Å²) in [5, 5.41) is 17.5. The highest BCUT2D eigenvalue weighted by Crippen LogP contribution is 2.14. The lowest BCUT2D eigenvalue weighted by molar-refractivity contribution is -0.148. The summed E-state index contributed by atoms with van der Waals surface area (Å²) in [6.07, 6.45) is 12.0. The molecule has 0 amide bonds. The molecule has 19 heavy (non-hydrogen) atoms. The zero-order valence-electron chi connectivity index (χ0n) is 11.8. The van der Waals surface area contributed by atoms with Gasteiger partial charge in [0.05, 0.1) is 12.3 Å². The van der Waals surface area contributed by atoms with Crippen molar-refractivity contribution < 1.29 is 19.8 Å². The van der Waals surface area contributed by atoms with Gasteiger partial charge in [-0.3, -0.25) is 9.59 Å². The van der Waals surface area contributed by atoms with Gasteiger partial charge in [0, 0.05) is 0 Å². The summed E-state index contributed by atoms with van der Waals surface area (Å²) in [5.41, 5.74) is 0.